The van der Waals surface area contributed by atoms with Crippen LogP contribution in [0.1, 0.15) is 45.5 Å². The number of rotatable bonds is 7. The summed E-state index contributed by atoms with van der Waals surface area (Å²) in [7, 11) is 1.89. The zero-order valence-electron chi connectivity index (χ0n) is 13.5. The highest BCUT2D eigenvalue weighted by Gasteiger charge is 2.36. The van der Waals surface area contributed by atoms with Crippen molar-refractivity contribution in [1.29, 1.82) is 0 Å². The van der Waals surface area contributed by atoms with Gasteiger partial charge >= 0.3 is 0 Å². The Bertz CT molecular complexity index is 480. The van der Waals surface area contributed by atoms with Crippen molar-refractivity contribution in [3.63, 3.8) is 0 Å². The highest BCUT2D eigenvalue weighted by molar-refractivity contribution is 9.10. The van der Waals surface area contributed by atoms with E-state index in [1.54, 1.807) is 4.68 Å². The maximum atomic E-state index is 12.8. The summed E-state index contributed by atoms with van der Waals surface area (Å²) in [4.78, 5) is 15.1. The smallest absolute Gasteiger partial charge is 0.158 e. The molecule has 0 aliphatic carbocycles. The minimum absolute atomic E-state index is 0.257. The Morgan fingerprint density at radius 3 is 2.25 bits per heavy atom. The first-order chi connectivity index (χ1) is 9.31. The van der Waals surface area contributed by atoms with Crippen molar-refractivity contribution in [2.45, 2.75) is 53.0 Å². The molecule has 0 aliphatic rings. The predicted octanol–water partition coefficient (Wildman–Crippen LogP) is 3.11. The zero-order valence-corrected chi connectivity index (χ0v) is 15.0. The zero-order chi connectivity index (χ0) is 15.5. The fourth-order valence-electron chi connectivity index (χ4n) is 2.73. The summed E-state index contributed by atoms with van der Waals surface area (Å²) < 4.78 is 2.75. The number of nitrogens with zero attached hydrogens (tertiary/aromatic N) is 3. The van der Waals surface area contributed by atoms with Gasteiger partial charge in [0.2, 0.25) is 0 Å². The van der Waals surface area contributed by atoms with Gasteiger partial charge in [-0.25, -0.2) is 0 Å². The molecule has 0 N–H and O–H groups in total. The van der Waals surface area contributed by atoms with E-state index >= 15 is 0 Å². The summed E-state index contributed by atoms with van der Waals surface area (Å²) in [5, 5.41) is 4.36. The first-order valence-electron chi connectivity index (χ1n) is 7.28. The van der Waals surface area contributed by atoms with Gasteiger partial charge in [-0.05, 0) is 49.3 Å². The summed E-state index contributed by atoms with van der Waals surface area (Å²) in [5.41, 5.74) is 1.48. The lowest BCUT2D eigenvalue weighted by Gasteiger charge is -2.38. The van der Waals surface area contributed by atoms with Crippen LogP contribution in [0.5, 0.6) is 0 Å². The molecule has 0 aliphatic heterocycles. The molecule has 0 saturated heterocycles. The number of hydrogen-bond donors (Lipinski definition) is 0. The van der Waals surface area contributed by atoms with E-state index in [-0.39, 0.29) is 5.78 Å². The maximum Gasteiger partial charge on any atom is 0.158 e. The number of hydrogen-bond acceptors (Lipinski definition) is 3. The monoisotopic (exact) mass is 343 g/mol. The maximum absolute atomic E-state index is 12.8. The normalized spacial score (nSPS) is 14.6. The van der Waals surface area contributed by atoms with Crippen LogP contribution in [0.25, 0.3) is 0 Å². The Kier molecular flexibility index (Phi) is 5.95. The van der Waals surface area contributed by atoms with Crippen LogP contribution in [0.2, 0.25) is 0 Å². The standard InChI is InChI=1S/C15H26BrN3O/c1-7-15(5,19(8-2)9-3)13(20)10-12-14(16)11(4)17-18(12)6/h7-10H2,1-6H3. The van der Waals surface area contributed by atoms with Crippen LogP contribution < -0.4 is 0 Å². The predicted molar refractivity (Wildman–Crippen MR) is 86.0 cm³/mol. The summed E-state index contributed by atoms with van der Waals surface area (Å²) in [5.74, 6) is 0.257. The molecule has 114 valence electrons. The third kappa shape index (κ3) is 3.14. The number of aryl methyl sites for hydroxylation is 2. The van der Waals surface area contributed by atoms with E-state index in [0.717, 1.165) is 35.4 Å². The Balaban J connectivity index is 3.04. The van der Waals surface area contributed by atoms with Crippen molar-refractivity contribution in [3.05, 3.63) is 15.9 Å². The number of carbonyl (C=O) groups is 1. The Morgan fingerprint density at radius 2 is 1.90 bits per heavy atom. The molecule has 0 radical (unpaired) electrons. The Hall–Kier alpha value is -0.680. The topological polar surface area (TPSA) is 38.1 Å². The second-order valence-corrected chi connectivity index (χ2v) is 6.16. The lowest BCUT2D eigenvalue weighted by atomic mass is 9.88. The van der Waals surface area contributed by atoms with E-state index in [1.165, 1.54) is 0 Å². The minimum Gasteiger partial charge on any atom is -0.297 e. The summed E-state index contributed by atoms with van der Waals surface area (Å²) >= 11 is 3.54. The van der Waals surface area contributed by atoms with Crippen LogP contribution in [-0.2, 0) is 18.3 Å². The van der Waals surface area contributed by atoms with Crippen LogP contribution in [0.3, 0.4) is 0 Å². The van der Waals surface area contributed by atoms with Crippen LogP contribution >= 0.6 is 15.9 Å². The van der Waals surface area contributed by atoms with E-state index in [0.29, 0.717) is 6.42 Å². The molecular formula is C15H26BrN3O. The Labute approximate surface area is 130 Å². The molecule has 5 heteroatoms. The van der Waals surface area contributed by atoms with Gasteiger partial charge in [0.25, 0.3) is 0 Å². The molecule has 0 fully saturated rings. The van der Waals surface area contributed by atoms with Gasteiger partial charge in [-0.3, -0.25) is 14.4 Å². The summed E-state index contributed by atoms with van der Waals surface area (Å²) in [6, 6.07) is 0. The molecule has 0 bridgehead atoms. The van der Waals surface area contributed by atoms with Crippen molar-refractivity contribution in [2.24, 2.45) is 7.05 Å². The lowest BCUT2D eigenvalue weighted by Crippen LogP contribution is -2.52. The Morgan fingerprint density at radius 1 is 1.35 bits per heavy atom. The fourth-order valence-corrected chi connectivity index (χ4v) is 3.21. The molecule has 0 saturated carbocycles. The molecule has 20 heavy (non-hydrogen) atoms. The number of Topliss-reactive ketones (excluding diaryl/α,β-unsaturated/α-hetero) is 1. The number of aromatic nitrogens is 2. The van der Waals surface area contributed by atoms with Gasteiger partial charge in [-0.1, -0.05) is 20.8 Å². The molecule has 1 heterocycles. The second-order valence-electron chi connectivity index (χ2n) is 5.37. The summed E-state index contributed by atoms with van der Waals surface area (Å²) in [6.07, 6.45) is 1.24. The average molecular weight is 344 g/mol. The molecule has 1 atom stereocenters. The molecule has 1 unspecified atom stereocenters. The van der Waals surface area contributed by atoms with Gasteiger partial charge in [0.05, 0.1) is 27.8 Å². The van der Waals surface area contributed by atoms with Crippen LogP contribution in [0, 0.1) is 6.92 Å². The lowest BCUT2D eigenvalue weighted by molar-refractivity contribution is -0.130. The fraction of sp³-hybridized carbons (Fsp3) is 0.733. The van der Waals surface area contributed by atoms with Crippen molar-refractivity contribution >= 4 is 21.7 Å². The summed E-state index contributed by atoms with van der Waals surface area (Å²) in [6.45, 7) is 12.1. The SMILES string of the molecule is CCN(CC)C(C)(CC)C(=O)Cc1c(Br)c(C)nn1C. The molecule has 1 aromatic rings. The highest BCUT2D eigenvalue weighted by atomic mass is 79.9. The van der Waals surface area contributed by atoms with Gasteiger partial charge in [0, 0.05) is 7.05 Å². The molecule has 0 amide bonds. The van der Waals surface area contributed by atoms with E-state index in [9.17, 15) is 4.79 Å². The van der Waals surface area contributed by atoms with Crippen LogP contribution in [0.4, 0.5) is 0 Å². The molecule has 0 aromatic carbocycles. The van der Waals surface area contributed by atoms with Crippen molar-refractivity contribution in [2.75, 3.05) is 13.1 Å². The average Bonchev–Trinajstić information content (AvgIpc) is 2.66. The van der Waals surface area contributed by atoms with E-state index in [2.05, 4.69) is 53.6 Å². The van der Waals surface area contributed by atoms with Crippen LogP contribution in [0.15, 0.2) is 4.47 Å². The first-order valence-corrected chi connectivity index (χ1v) is 8.07. The number of halogens is 1. The highest BCUT2D eigenvalue weighted by Crippen LogP contribution is 2.26. The van der Waals surface area contributed by atoms with Gasteiger partial charge in [0.1, 0.15) is 0 Å². The van der Waals surface area contributed by atoms with Crippen molar-refractivity contribution in [1.82, 2.24) is 14.7 Å². The number of ketones is 1. The quantitative estimate of drug-likeness (QED) is 0.763. The number of likely N-dealkylation sites (N-methyl/N-ethyl adjacent to an activating group) is 1. The number of carbonyl (C=O) groups excluding carboxylic acids is 1. The molecule has 4 nitrogen and oxygen atoms in total. The van der Waals surface area contributed by atoms with Crippen LogP contribution in [-0.4, -0.2) is 39.1 Å². The van der Waals surface area contributed by atoms with Gasteiger partial charge < -0.3 is 0 Å². The first kappa shape index (κ1) is 17.4. The van der Waals surface area contributed by atoms with Gasteiger partial charge in [-0.15, -0.1) is 0 Å². The van der Waals surface area contributed by atoms with E-state index < -0.39 is 5.54 Å². The molecular weight excluding hydrogens is 318 g/mol. The third-order valence-corrected chi connectivity index (χ3v) is 5.37. The van der Waals surface area contributed by atoms with Crippen molar-refractivity contribution in [3.8, 4) is 0 Å². The van der Waals surface area contributed by atoms with Gasteiger partial charge in [-0.2, -0.15) is 5.10 Å². The minimum atomic E-state index is -0.402. The molecule has 0 spiro atoms. The third-order valence-electron chi connectivity index (χ3n) is 4.34. The molecule has 1 rings (SSSR count). The van der Waals surface area contributed by atoms with E-state index in [1.807, 2.05) is 14.0 Å². The van der Waals surface area contributed by atoms with E-state index in [4.69, 9.17) is 0 Å². The largest absolute Gasteiger partial charge is 0.297 e. The van der Waals surface area contributed by atoms with Crippen molar-refractivity contribution < 1.29 is 4.79 Å². The molecule has 1 aromatic heterocycles. The second kappa shape index (κ2) is 6.85. The van der Waals surface area contributed by atoms with Gasteiger partial charge in [0.15, 0.2) is 5.78 Å².